The number of nitrogens with zero attached hydrogens (tertiary/aromatic N) is 1. The molecule has 9 nitrogen and oxygen atoms in total. The van der Waals surface area contributed by atoms with Gasteiger partial charge in [0.2, 0.25) is 0 Å². The van der Waals surface area contributed by atoms with Crippen LogP contribution in [0.25, 0.3) is 0 Å². The van der Waals surface area contributed by atoms with Crippen molar-refractivity contribution in [2.45, 2.75) is 302 Å². The fraction of sp³-hybridized carbons (Fsp3) is 0.750. The predicted octanol–water partition coefficient (Wildman–Crippen LogP) is 21.3. The summed E-state index contributed by atoms with van der Waals surface area (Å²) in [4.78, 5) is 37.9. The molecule has 0 heterocycles. The summed E-state index contributed by atoms with van der Waals surface area (Å²) in [5.74, 6) is -0.834. The van der Waals surface area contributed by atoms with Crippen LogP contribution >= 0.6 is 7.82 Å². The minimum absolute atomic E-state index is 0.0333. The van der Waals surface area contributed by atoms with Crippen LogP contribution in [0.3, 0.4) is 0 Å². The van der Waals surface area contributed by atoms with Gasteiger partial charge in [-0.25, -0.2) is 0 Å². The zero-order valence-corrected chi connectivity index (χ0v) is 54.8. The van der Waals surface area contributed by atoms with Gasteiger partial charge in [-0.3, -0.25) is 14.2 Å². The van der Waals surface area contributed by atoms with E-state index < -0.39 is 26.5 Å². The summed E-state index contributed by atoms with van der Waals surface area (Å²) in [5.41, 5.74) is 0. The van der Waals surface area contributed by atoms with Gasteiger partial charge in [-0.1, -0.05) is 284 Å². The van der Waals surface area contributed by atoms with E-state index in [1.165, 1.54) is 167 Å². The van der Waals surface area contributed by atoms with Crippen molar-refractivity contribution in [2.75, 3.05) is 47.5 Å². The maximum Gasteiger partial charge on any atom is 0.306 e. The number of carbonyl (C=O) groups excluding carboxylic acids is 2. The Labute approximate surface area is 506 Å². The van der Waals surface area contributed by atoms with E-state index in [2.05, 4.69) is 111 Å². The number of ether oxygens (including phenoxy) is 2. The van der Waals surface area contributed by atoms with Crippen LogP contribution in [0.2, 0.25) is 0 Å². The first kappa shape index (κ1) is 78.9. The van der Waals surface area contributed by atoms with Crippen LogP contribution in [0.4, 0.5) is 0 Å². The van der Waals surface area contributed by atoms with Gasteiger partial charge in [0.1, 0.15) is 19.8 Å². The molecule has 0 bridgehead atoms. The summed E-state index contributed by atoms with van der Waals surface area (Å²) in [7, 11) is 1.17. The van der Waals surface area contributed by atoms with Crippen molar-refractivity contribution in [1.82, 2.24) is 0 Å². The van der Waals surface area contributed by atoms with Gasteiger partial charge >= 0.3 is 11.9 Å². The first-order valence-corrected chi connectivity index (χ1v) is 35.4. The van der Waals surface area contributed by atoms with Crippen molar-refractivity contribution in [3.8, 4) is 0 Å². The molecule has 0 radical (unpaired) electrons. The van der Waals surface area contributed by atoms with E-state index in [-0.39, 0.29) is 32.0 Å². The van der Waals surface area contributed by atoms with Crippen LogP contribution in [0, 0.1) is 0 Å². The lowest BCUT2D eigenvalue weighted by molar-refractivity contribution is -0.870. The lowest BCUT2D eigenvalue weighted by Crippen LogP contribution is -2.37. The maximum absolute atomic E-state index is 12.8. The van der Waals surface area contributed by atoms with Gasteiger partial charge in [0.15, 0.2) is 6.10 Å². The Hall–Kier alpha value is -3.07. The molecule has 0 aliphatic rings. The molecule has 0 saturated carbocycles. The maximum atomic E-state index is 12.8. The molecule has 2 atom stereocenters. The first-order valence-electron chi connectivity index (χ1n) is 33.9. The zero-order chi connectivity index (χ0) is 59.8. The minimum atomic E-state index is -4.64. The normalized spacial score (nSPS) is 13.8. The Balaban J connectivity index is 3.94. The molecule has 474 valence electrons. The van der Waals surface area contributed by atoms with Crippen LogP contribution in [0.1, 0.15) is 296 Å². The van der Waals surface area contributed by atoms with Crippen molar-refractivity contribution in [2.24, 2.45) is 0 Å². The Morgan fingerprint density at radius 1 is 0.390 bits per heavy atom. The third-order valence-corrected chi connectivity index (χ3v) is 15.6. The molecule has 0 rings (SSSR count). The van der Waals surface area contributed by atoms with Crippen LogP contribution < -0.4 is 4.89 Å². The van der Waals surface area contributed by atoms with Crippen molar-refractivity contribution in [3.05, 3.63) is 97.2 Å². The monoisotopic (exact) mass is 1170 g/mol. The van der Waals surface area contributed by atoms with Gasteiger partial charge in [0.05, 0.1) is 27.7 Å². The van der Waals surface area contributed by atoms with Crippen LogP contribution in [-0.4, -0.2) is 70.0 Å². The number of hydrogen-bond acceptors (Lipinski definition) is 8. The second kappa shape index (κ2) is 62.5. The largest absolute Gasteiger partial charge is 0.756 e. The highest BCUT2D eigenvalue weighted by atomic mass is 31.2. The zero-order valence-electron chi connectivity index (χ0n) is 53.9. The van der Waals surface area contributed by atoms with Gasteiger partial charge in [-0.15, -0.1) is 0 Å². The molecule has 0 aromatic heterocycles. The van der Waals surface area contributed by atoms with E-state index in [0.717, 1.165) is 96.3 Å². The molecular formula is C72H128NO8P. The number of phosphoric ester groups is 1. The summed E-state index contributed by atoms with van der Waals surface area (Å²) in [6.45, 7) is 4.11. The summed E-state index contributed by atoms with van der Waals surface area (Å²) >= 11 is 0. The van der Waals surface area contributed by atoms with E-state index >= 15 is 0 Å². The van der Waals surface area contributed by atoms with Crippen molar-refractivity contribution >= 4 is 19.8 Å². The van der Waals surface area contributed by atoms with Crippen LogP contribution in [0.5, 0.6) is 0 Å². The molecule has 0 N–H and O–H groups in total. The molecule has 0 fully saturated rings. The number of allylic oxidation sites excluding steroid dienone is 16. The van der Waals surface area contributed by atoms with E-state index in [1.54, 1.807) is 0 Å². The third-order valence-electron chi connectivity index (χ3n) is 14.6. The molecule has 0 saturated heterocycles. The van der Waals surface area contributed by atoms with E-state index in [4.69, 9.17) is 18.5 Å². The lowest BCUT2D eigenvalue weighted by Gasteiger charge is -2.28. The lowest BCUT2D eigenvalue weighted by atomic mass is 10.0. The highest BCUT2D eigenvalue weighted by Gasteiger charge is 2.22. The van der Waals surface area contributed by atoms with Crippen LogP contribution in [0.15, 0.2) is 97.2 Å². The molecule has 0 aliphatic carbocycles. The average Bonchev–Trinajstić information content (AvgIpc) is 3.45. The number of likely N-dealkylation sites (N-methyl/N-ethyl adjacent to an activating group) is 1. The summed E-state index contributed by atoms with van der Waals surface area (Å²) in [6, 6.07) is 0. The summed E-state index contributed by atoms with van der Waals surface area (Å²) in [5, 5.41) is 0. The van der Waals surface area contributed by atoms with Crippen molar-refractivity contribution < 1.29 is 42.1 Å². The predicted molar refractivity (Wildman–Crippen MR) is 351 cm³/mol. The quantitative estimate of drug-likeness (QED) is 0.0195. The SMILES string of the molecule is CC/C=C\C/C=C\C/C=C\C/C=C\C/C=C\C/C=C\CCCCCCCCCCCCCCCCCCCCCCCCC(=O)OC(COC(=O)CCCCCCCCC/C=C\C/C=C\CCCCC)COP(=O)([O-])OCC[N+](C)(C)C. The molecule has 0 aromatic carbocycles. The molecule has 0 spiro atoms. The summed E-state index contributed by atoms with van der Waals surface area (Å²) < 4.78 is 34.2. The molecule has 0 aromatic rings. The first-order chi connectivity index (χ1) is 40.0. The number of quaternary nitrogens is 1. The molecular weight excluding hydrogens is 1040 g/mol. The van der Waals surface area contributed by atoms with Crippen molar-refractivity contribution in [1.29, 1.82) is 0 Å². The third kappa shape index (κ3) is 66.1. The van der Waals surface area contributed by atoms with E-state index in [1.807, 2.05) is 21.1 Å². The van der Waals surface area contributed by atoms with E-state index in [9.17, 15) is 19.0 Å². The minimum Gasteiger partial charge on any atom is -0.756 e. The number of carbonyl (C=O) groups is 2. The Kier molecular flexibility index (Phi) is 60.1. The molecule has 82 heavy (non-hydrogen) atoms. The van der Waals surface area contributed by atoms with Gasteiger partial charge in [-0.2, -0.15) is 0 Å². The number of hydrogen-bond donors (Lipinski definition) is 0. The second-order valence-electron chi connectivity index (χ2n) is 23.8. The van der Waals surface area contributed by atoms with Crippen LogP contribution in [-0.2, 0) is 32.7 Å². The number of rotatable bonds is 62. The highest BCUT2D eigenvalue weighted by molar-refractivity contribution is 7.45. The number of unbranched alkanes of at least 4 members (excludes halogenated alkanes) is 32. The number of esters is 2. The molecule has 10 heteroatoms. The topological polar surface area (TPSA) is 111 Å². The Morgan fingerprint density at radius 2 is 0.695 bits per heavy atom. The summed E-state index contributed by atoms with van der Waals surface area (Å²) in [6.07, 6.45) is 86.4. The molecule has 0 amide bonds. The highest BCUT2D eigenvalue weighted by Crippen LogP contribution is 2.38. The smallest absolute Gasteiger partial charge is 0.306 e. The fourth-order valence-electron chi connectivity index (χ4n) is 9.40. The molecule has 2 unspecified atom stereocenters. The van der Waals surface area contributed by atoms with Crippen molar-refractivity contribution in [3.63, 3.8) is 0 Å². The second-order valence-corrected chi connectivity index (χ2v) is 25.2. The Bertz CT molecular complexity index is 1710. The Morgan fingerprint density at radius 3 is 1.04 bits per heavy atom. The fourth-order valence-corrected chi connectivity index (χ4v) is 10.1. The standard InChI is InChI=1S/C72H128NO8P/c1-6-8-10-12-14-16-18-20-22-24-25-26-27-28-29-30-31-32-33-34-35-36-37-38-39-40-41-42-43-44-45-46-47-49-51-53-55-57-59-61-63-65-72(75)81-70(69-80-82(76,77)79-67-66-73(3,4)5)68-78-71(74)64-62-60-58-56-54-52-50-48-23-21-19-17-15-13-11-9-7-2/h8,10,14-17,20-23,25-26,28-29,31-32,70H,6-7,9,11-13,18-19,24,27,30,33-69H2,1-5H3/b10-8-,16-14-,17-15-,22-20-,23-21-,26-25-,29-28-,32-31-. The van der Waals surface area contributed by atoms with Gasteiger partial charge in [0, 0.05) is 12.8 Å². The average molecular weight is 1170 g/mol. The number of phosphoric acid groups is 1. The van der Waals surface area contributed by atoms with Gasteiger partial charge < -0.3 is 27.9 Å². The molecule has 0 aliphatic heterocycles. The van der Waals surface area contributed by atoms with Gasteiger partial charge in [-0.05, 0) is 96.3 Å². The van der Waals surface area contributed by atoms with E-state index in [0.29, 0.717) is 17.4 Å². The van der Waals surface area contributed by atoms with Gasteiger partial charge in [0.25, 0.3) is 7.82 Å².